The van der Waals surface area contributed by atoms with Crippen LogP contribution in [0.4, 0.5) is 0 Å². The van der Waals surface area contributed by atoms with Crippen molar-refractivity contribution in [1.29, 1.82) is 0 Å². The van der Waals surface area contributed by atoms with E-state index in [-0.39, 0.29) is 11.8 Å². The Bertz CT molecular complexity index is 764. The number of carbonyl (C=O) groups excluding carboxylic acids is 1. The molecule has 5 heteroatoms. The van der Waals surface area contributed by atoms with Gasteiger partial charge in [0.05, 0.1) is 17.5 Å². The van der Waals surface area contributed by atoms with Crippen LogP contribution in [0.2, 0.25) is 0 Å². The molecule has 1 aromatic carbocycles. The molecule has 1 aliphatic heterocycles. The normalized spacial score (nSPS) is 16.2. The predicted octanol–water partition coefficient (Wildman–Crippen LogP) is 5.04. The minimum absolute atomic E-state index is 0.232. The molecule has 1 atom stereocenters. The van der Waals surface area contributed by atoms with E-state index in [0.717, 1.165) is 41.4 Å². The van der Waals surface area contributed by atoms with Gasteiger partial charge in [-0.3, -0.25) is 4.79 Å². The Morgan fingerprint density at radius 1 is 1.23 bits per heavy atom. The molecule has 1 aliphatic rings. The highest BCUT2D eigenvalue weighted by molar-refractivity contribution is 7.14. The van der Waals surface area contributed by atoms with Gasteiger partial charge in [0.15, 0.2) is 5.78 Å². The van der Waals surface area contributed by atoms with Crippen molar-refractivity contribution in [2.45, 2.75) is 45.6 Å². The van der Waals surface area contributed by atoms with Crippen LogP contribution in [0.5, 0.6) is 5.75 Å². The third kappa shape index (κ3) is 4.94. The number of ether oxygens (including phenoxy) is 2. The van der Waals surface area contributed by atoms with E-state index < -0.39 is 0 Å². The van der Waals surface area contributed by atoms with Crippen LogP contribution in [0.25, 0.3) is 0 Å². The summed E-state index contributed by atoms with van der Waals surface area (Å²) < 4.78 is 11.4. The monoisotopic (exact) mass is 371 g/mol. The molecule has 138 valence electrons. The average Bonchev–Trinajstić information content (AvgIpc) is 3.31. The summed E-state index contributed by atoms with van der Waals surface area (Å²) in [6.07, 6.45) is 3.29. The highest BCUT2D eigenvalue weighted by Gasteiger charge is 2.18. The Morgan fingerprint density at radius 2 is 2.04 bits per heavy atom. The van der Waals surface area contributed by atoms with Crippen LogP contribution >= 0.6 is 11.3 Å². The fourth-order valence-corrected chi connectivity index (χ4v) is 3.60. The molecule has 0 N–H and O–H groups in total. The van der Waals surface area contributed by atoms with Gasteiger partial charge in [-0.25, -0.2) is 4.99 Å². The number of benzene rings is 1. The lowest BCUT2D eigenvalue weighted by atomic mass is 10.1. The number of hydrogen-bond donors (Lipinski definition) is 0. The zero-order chi connectivity index (χ0) is 18.4. The first-order chi connectivity index (χ1) is 12.7. The van der Waals surface area contributed by atoms with Crippen LogP contribution < -0.4 is 4.74 Å². The maximum absolute atomic E-state index is 12.0. The molecule has 0 unspecified atom stereocenters. The Hall–Kier alpha value is -2.14. The Labute approximate surface area is 158 Å². The van der Waals surface area contributed by atoms with Crippen molar-refractivity contribution in [3.8, 4) is 5.75 Å². The molecule has 0 radical (unpaired) electrons. The van der Waals surface area contributed by atoms with Gasteiger partial charge in [0.25, 0.3) is 0 Å². The number of ketones is 1. The van der Waals surface area contributed by atoms with Crippen molar-refractivity contribution < 1.29 is 14.3 Å². The Kier molecular flexibility index (Phi) is 6.45. The minimum Gasteiger partial charge on any atom is -0.494 e. The van der Waals surface area contributed by atoms with Crippen molar-refractivity contribution >= 4 is 23.0 Å². The SMILES string of the molecule is CC[C@H]1COC(c2ccc(OCCCCC(=O)c3ccc(C)s3)cc2)=N1. The van der Waals surface area contributed by atoms with Gasteiger partial charge in [-0.2, -0.15) is 0 Å². The van der Waals surface area contributed by atoms with Gasteiger partial charge < -0.3 is 9.47 Å². The zero-order valence-electron chi connectivity index (χ0n) is 15.4. The number of Topliss-reactive ketones (excluding diaryl/α,β-unsaturated/α-hetero) is 1. The largest absolute Gasteiger partial charge is 0.494 e. The number of thiophene rings is 1. The first-order valence-electron chi connectivity index (χ1n) is 9.19. The van der Waals surface area contributed by atoms with Crippen LogP contribution in [0.15, 0.2) is 41.4 Å². The predicted molar refractivity (Wildman–Crippen MR) is 106 cm³/mol. The van der Waals surface area contributed by atoms with Crippen LogP contribution in [-0.2, 0) is 4.74 Å². The first-order valence-corrected chi connectivity index (χ1v) is 10.0. The van der Waals surface area contributed by atoms with Crippen molar-refractivity contribution in [3.63, 3.8) is 0 Å². The van der Waals surface area contributed by atoms with E-state index in [1.54, 1.807) is 11.3 Å². The second kappa shape index (κ2) is 8.99. The Morgan fingerprint density at radius 3 is 2.69 bits per heavy atom. The molecule has 0 saturated carbocycles. The van der Waals surface area contributed by atoms with E-state index in [2.05, 4.69) is 11.9 Å². The summed E-state index contributed by atoms with van der Waals surface area (Å²) in [5.74, 6) is 1.79. The molecule has 2 heterocycles. The van der Waals surface area contributed by atoms with Crippen LogP contribution in [-0.4, -0.2) is 30.9 Å². The summed E-state index contributed by atoms with van der Waals surface area (Å²) in [7, 11) is 0. The molecule has 3 rings (SSSR count). The molecule has 0 amide bonds. The molecule has 26 heavy (non-hydrogen) atoms. The third-order valence-corrected chi connectivity index (χ3v) is 5.41. The zero-order valence-corrected chi connectivity index (χ0v) is 16.2. The second-order valence-corrected chi connectivity index (χ2v) is 7.76. The average molecular weight is 372 g/mol. The number of rotatable bonds is 9. The van der Waals surface area contributed by atoms with Crippen LogP contribution in [0.1, 0.15) is 52.7 Å². The van der Waals surface area contributed by atoms with E-state index >= 15 is 0 Å². The van der Waals surface area contributed by atoms with E-state index in [4.69, 9.17) is 9.47 Å². The van der Waals surface area contributed by atoms with E-state index in [1.165, 1.54) is 4.88 Å². The third-order valence-electron chi connectivity index (χ3n) is 4.37. The molecule has 0 saturated heterocycles. The number of carbonyl (C=O) groups is 1. The van der Waals surface area contributed by atoms with Gasteiger partial charge in [-0.15, -0.1) is 11.3 Å². The number of aryl methyl sites for hydroxylation is 1. The number of aliphatic imine (C=N–C) groups is 1. The summed E-state index contributed by atoms with van der Waals surface area (Å²) in [5, 5.41) is 0. The quantitative estimate of drug-likeness (QED) is 0.458. The van der Waals surface area contributed by atoms with Crippen LogP contribution in [0, 0.1) is 6.92 Å². The van der Waals surface area contributed by atoms with Crippen molar-refractivity contribution in [2.24, 2.45) is 4.99 Å². The van der Waals surface area contributed by atoms with E-state index in [0.29, 0.717) is 19.6 Å². The highest BCUT2D eigenvalue weighted by Crippen LogP contribution is 2.19. The van der Waals surface area contributed by atoms with Crippen LogP contribution in [0.3, 0.4) is 0 Å². The van der Waals surface area contributed by atoms with E-state index in [9.17, 15) is 4.79 Å². The maximum atomic E-state index is 12.0. The van der Waals surface area contributed by atoms with E-state index in [1.807, 2.05) is 43.3 Å². The summed E-state index contributed by atoms with van der Waals surface area (Å²) in [6, 6.07) is 12.0. The smallest absolute Gasteiger partial charge is 0.216 e. The summed E-state index contributed by atoms with van der Waals surface area (Å²) in [4.78, 5) is 18.6. The molecule has 0 bridgehead atoms. The first kappa shape index (κ1) is 18.6. The fraction of sp³-hybridized carbons (Fsp3) is 0.429. The molecular formula is C21H25NO3S. The van der Waals surface area contributed by atoms with Crippen molar-refractivity contribution in [1.82, 2.24) is 0 Å². The van der Waals surface area contributed by atoms with Gasteiger partial charge in [-0.1, -0.05) is 6.92 Å². The summed E-state index contributed by atoms with van der Waals surface area (Å²) in [5.41, 5.74) is 0.991. The lowest BCUT2D eigenvalue weighted by molar-refractivity contribution is 0.0981. The van der Waals surface area contributed by atoms with Gasteiger partial charge in [0.1, 0.15) is 12.4 Å². The molecule has 1 aromatic heterocycles. The van der Waals surface area contributed by atoms with Gasteiger partial charge >= 0.3 is 0 Å². The maximum Gasteiger partial charge on any atom is 0.216 e. The molecule has 0 aliphatic carbocycles. The molecule has 4 nitrogen and oxygen atoms in total. The van der Waals surface area contributed by atoms with Gasteiger partial charge in [0.2, 0.25) is 5.90 Å². The molecule has 0 spiro atoms. The summed E-state index contributed by atoms with van der Waals surface area (Å²) >= 11 is 1.57. The lowest BCUT2D eigenvalue weighted by Crippen LogP contribution is -2.04. The molecule has 0 fully saturated rings. The summed E-state index contributed by atoms with van der Waals surface area (Å²) in [6.45, 7) is 5.43. The Balaban J connectivity index is 1.38. The topological polar surface area (TPSA) is 47.9 Å². The molecular weight excluding hydrogens is 346 g/mol. The van der Waals surface area contributed by atoms with Gasteiger partial charge in [-0.05, 0) is 62.6 Å². The fourth-order valence-electron chi connectivity index (χ4n) is 2.76. The number of unbranched alkanes of at least 4 members (excludes halogenated alkanes) is 1. The lowest BCUT2D eigenvalue weighted by Gasteiger charge is -2.07. The number of nitrogens with zero attached hydrogens (tertiary/aromatic N) is 1. The second-order valence-electron chi connectivity index (χ2n) is 6.47. The van der Waals surface area contributed by atoms with Crippen molar-refractivity contribution in [2.75, 3.05) is 13.2 Å². The number of hydrogen-bond acceptors (Lipinski definition) is 5. The molecule has 2 aromatic rings. The standard InChI is InChI=1S/C21H25NO3S/c1-3-17-14-25-21(22-17)16-8-10-18(11-9-16)24-13-5-4-6-19(23)20-12-7-15(2)26-20/h7-12,17H,3-6,13-14H2,1-2H3/t17-/m0/s1. The minimum atomic E-state index is 0.232. The highest BCUT2D eigenvalue weighted by atomic mass is 32.1. The van der Waals surface area contributed by atoms with Crippen molar-refractivity contribution in [3.05, 3.63) is 51.7 Å². The van der Waals surface area contributed by atoms with Gasteiger partial charge in [0, 0.05) is 16.9 Å².